The Kier molecular flexibility index (Phi) is 11.6. The molecule has 2 heterocycles. The number of methoxy groups -OCH3 is 2. The molecular weight excluding hydrogens is 488 g/mol. The minimum atomic E-state index is -1.15. The average Bonchev–Trinajstić information content (AvgIpc) is 3.42. The van der Waals surface area contributed by atoms with Crippen LogP contribution in [-0.2, 0) is 39.9 Å². The number of epoxide rings is 1. The first kappa shape index (κ1) is 30.4. The molecule has 1 aliphatic heterocycles. The minimum Gasteiger partial charge on any atom is -0.382 e. The van der Waals surface area contributed by atoms with Gasteiger partial charge in [0.1, 0.15) is 24.3 Å². The van der Waals surface area contributed by atoms with Gasteiger partial charge in [0.05, 0.1) is 25.9 Å². The zero-order chi connectivity index (χ0) is 27.6. The van der Waals surface area contributed by atoms with Crippen molar-refractivity contribution in [3.8, 4) is 0 Å². The van der Waals surface area contributed by atoms with Gasteiger partial charge in [0.25, 0.3) is 5.91 Å². The number of hydrogen-bond donors (Lipinski definition) is 3. The molecule has 0 bridgehead atoms. The highest BCUT2D eigenvalue weighted by Crippen LogP contribution is 2.29. The molecule has 0 radical (unpaired) electrons. The van der Waals surface area contributed by atoms with Crippen molar-refractivity contribution in [2.45, 2.75) is 64.4 Å². The van der Waals surface area contributed by atoms with Gasteiger partial charge in [-0.2, -0.15) is 0 Å². The van der Waals surface area contributed by atoms with Gasteiger partial charge in [-0.25, -0.2) is 0 Å². The Hall–Kier alpha value is -2.87. The van der Waals surface area contributed by atoms with Gasteiger partial charge in [0, 0.05) is 26.9 Å². The monoisotopic (exact) mass is 526 g/mol. The van der Waals surface area contributed by atoms with Crippen LogP contribution in [0.1, 0.15) is 50.4 Å². The van der Waals surface area contributed by atoms with Crippen LogP contribution < -0.4 is 16.0 Å². The van der Waals surface area contributed by atoms with Gasteiger partial charge in [-0.1, -0.05) is 19.0 Å². The zero-order valence-electron chi connectivity index (χ0n) is 22.3. The maximum Gasteiger partial charge on any atom is 0.274 e. The van der Waals surface area contributed by atoms with E-state index in [2.05, 4.69) is 21.1 Å². The topological polar surface area (TPSA) is 171 Å². The van der Waals surface area contributed by atoms with Crippen molar-refractivity contribution in [1.82, 2.24) is 21.1 Å². The van der Waals surface area contributed by atoms with Crippen molar-refractivity contribution in [1.29, 1.82) is 0 Å². The number of nitrogens with zero attached hydrogens (tertiary/aromatic N) is 1. The van der Waals surface area contributed by atoms with Crippen LogP contribution >= 0.6 is 0 Å². The minimum absolute atomic E-state index is 0.0411. The first-order valence-corrected chi connectivity index (χ1v) is 12.2. The Balaban J connectivity index is 2.06. The standard InChI is InChI=1S/C24H38N4O9/c1-7-35-10-15-9-17(28-37-15)21(30)26-19(12-34-6)23(32)27-18(11-33-5)22(31)25-16(8-14(2)3)20(29)24(4)13-36-24/h9,14,16,18-19H,7-8,10-13H2,1-6H3,(H,25,31)(H,26,30)(H,27,32)/t16-,18-,19-,24-/m0/s1. The fourth-order valence-corrected chi connectivity index (χ4v) is 3.49. The fraction of sp³-hybridized carbons (Fsp3) is 0.708. The van der Waals surface area contributed by atoms with Gasteiger partial charge < -0.3 is 39.4 Å². The van der Waals surface area contributed by atoms with Crippen molar-refractivity contribution >= 4 is 23.5 Å². The molecule has 0 unspecified atom stereocenters. The van der Waals surface area contributed by atoms with Gasteiger partial charge in [-0.05, 0) is 26.2 Å². The summed E-state index contributed by atoms with van der Waals surface area (Å²) in [5.74, 6) is -1.70. The van der Waals surface area contributed by atoms with E-state index >= 15 is 0 Å². The van der Waals surface area contributed by atoms with E-state index in [9.17, 15) is 19.2 Å². The molecule has 1 aromatic heterocycles. The van der Waals surface area contributed by atoms with Crippen LogP contribution in [0, 0.1) is 5.92 Å². The van der Waals surface area contributed by atoms with E-state index in [-0.39, 0.29) is 37.2 Å². The number of rotatable bonds is 17. The van der Waals surface area contributed by atoms with Gasteiger partial charge >= 0.3 is 0 Å². The maximum absolute atomic E-state index is 13.1. The van der Waals surface area contributed by atoms with Gasteiger partial charge in [0.15, 0.2) is 17.2 Å². The van der Waals surface area contributed by atoms with Crippen LogP contribution in [0.4, 0.5) is 0 Å². The second-order valence-corrected chi connectivity index (χ2v) is 9.39. The van der Waals surface area contributed by atoms with Gasteiger partial charge in [0.2, 0.25) is 11.8 Å². The quantitative estimate of drug-likeness (QED) is 0.234. The van der Waals surface area contributed by atoms with E-state index in [1.54, 1.807) is 6.92 Å². The number of ether oxygens (including phenoxy) is 4. The molecular formula is C24H38N4O9. The summed E-state index contributed by atoms with van der Waals surface area (Å²) in [5.41, 5.74) is -0.953. The lowest BCUT2D eigenvalue weighted by Gasteiger charge is -2.26. The van der Waals surface area contributed by atoms with Gasteiger partial charge in [-0.3, -0.25) is 19.2 Å². The number of hydrogen-bond acceptors (Lipinski definition) is 10. The summed E-state index contributed by atoms with van der Waals surface area (Å²) in [4.78, 5) is 51.6. The van der Waals surface area contributed by atoms with E-state index in [4.69, 9.17) is 23.5 Å². The molecule has 37 heavy (non-hydrogen) atoms. The number of Topliss-reactive ketones (excluding diaryl/α,β-unsaturated/α-hetero) is 1. The Morgan fingerprint density at radius 3 is 2.11 bits per heavy atom. The van der Waals surface area contributed by atoms with E-state index in [1.165, 1.54) is 20.3 Å². The van der Waals surface area contributed by atoms with E-state index < -0.39 is 41.4 Å². The lowest BCUT2D eigenvalue weighted by Crippen LogP contribution is -2.58. The van der Waals surface area contributed by atoms with Crippen molar-refractivity contribution in [3.05, 3.63) is 17.5 Å². The number of ketones is 1. The van der Waals surface area contributed by atoms with Crippen LogP contribution in [0.25, 0.3) is 0 Å². The van der Waals surface area contributed by atoms with Crippen LogP contribution in [0.2, 0.25) is 0 Å². The summed E-state index contributed by atoms with van der Waals surface area (Å²) in [6, 6.07) is -1.66. The Morgan fingerprint density at radius 2 is 1.59 bits per heavy atom. The molecule has 0 aliphatic carbocycles. The number of carbonyl (C=O) groups is 4. The Morgan fingerprint density at radius 1 is 1.03 bits per heavy atom. The molecule has 4 atom stereocenters. The zero-order valence-corrected chi connectivity index (χ0v) is 22.3. The number of nitrogens with one attached hydrogen (secondary N) is 3. The van der Waals surface area contributed by atoms with Crippen LogP contribution in [-0.4, -0.2) is 93.0 Å². The van der Waals surface area contributed by atoms with Crippen molar-refractivity contribution in [3.63, 3.8) is 0 Å². The third kappa shape index (κ3) is 9.18. The molecule has 2 rings (SSSR count). The number of aromatic nitrogens is 1. The first-order valence-electron chi connectivity index (χ1n) is 12.2. The summed E-state index contributed by atoms with van der Waals surface area (Å²) in [6.45, 7) is 7.94. The lowest BCUT2D eigenvalue weighted by atomic mass is 9.93. The Labute approximate surface area is 216 Å². The molecule has 13 heteroatoms. The number of amides is 3. The molecule has 1 fully saturated rings. The molecule has 1 aromatic rings. The highest BCUT2D eigenvalue weighted by Gasteiger charge is 2.50. The molecule has 0 saturated carbocycles. The molecule has 0 aromatic carbocycles. The first-order chi connectivity index (χ1) is 17.5. The van der Waals surface area contributed by atoms with Gasteiger partial charge in [-0.15, -0.1) is 0 Å². The summed E-state index contributed by atoms with van der Waals surface area (Å²) in [5, 5.41) is 11.5. The third-order valence-corrected chi connectivity index (χ3v) is 5.60. The second-order valence-electron chi connectivity index (χ2n) is 9.39. The summed E-state index contributed by atoms with van der Waals surface area (Å²) >= 11 is 0. The second kappa shape index (κ2) is 14.2. The number of carbonyl (C=O) groups excluding carboxylic acids is 4. The van der Waals surface area contributed by atoms with E-state index in [0.717, 1.165) is 0 Å². The van der Waals surface area contributed by atoms with E-state index in [0.29, 0.717) is 25.4 Å². The third-order valence-electron chi connectivity index (χ3n) is 5.60. The normalized spacial score (nSPS) is 19.1. The van der Waals surface area contributed by atoms with Crippen LogP contribution in [0.3, 0.4) is 0 Å². The average molecular weight is 527 g/mol. The molecule has 1 saturated heterocycles. The maximum atomic E-state index is 13.1. The van der Waals surface area contributed by atoms with Crippen LogP contribution in [0.5, 0.6) is 0 Å². The highest BCUT2D eigenvalue weighted by atomic mass is 16.6. The summed E-state index contributed by atoms with van der Waals surface area (Å²) in [7, 11) is 2.74. The molecule has 13 nitrogen and oxygen atoms in total. The largest absolute Gasteiger partial charge is 0.382 e. The SMILES string of the molecule is CCOCc1cc(C(=O)N[C@@H](COC)C(=O)N[C@@H](COC)C(=O)N[C@@H](CC(C)C)C(=O)[C@]2(C)CO2)no1. The molecule has 0 spiro atoms. The predicted octanol–water partition coefficient (Wildman–Crippen LogP) is -0.0240. The van der Waals surface area contributed by atoms with Crippen molar-refractivity contribution < 1.29 is 42.6 Å². The van der Waals surface area contributed by atoms with Crippen LogP contribution in [0.15, 0.2) is 10.6 Å². The van der Waals surface area contributed by atoms with Crippen molar-refractivity contribution in [2.24, 2.45) is 5.92 Å². The molecule has 3 N–H and O–H groups in total. The Bertz CT molecular complexity index is 929. The molecule has 208 valence electrons. The van der Waals surface area contributed by atoms with E-state index in [1.807, 2.05) is 20.8 Å². The summed E-state index contributed by atoms with van der Waals surface area (Å²) in [6.07, 6.45) is 0.405. The molecule has 1 aliphatic rings. The highest BCUT2D eigenvalue weighted by molar-refractivity contribution is 5.99. The predicted molar refractivity (Wildman–Crippen MR) is 130 cm³/mol. The van der Waals surface area contributed by atoms with Crippen molar-refractivity contribution in [2.75, 3.05) is 40.6 Å². The fourth-order valence-electron chi connectivity index (χ4n) is 3.49. The summed E-state index contributed by atoms with van der Waals surface area (Å²) < 4.78 is 25.7. The lowest BCUT2D eigenvalue weighted by molar-refractivity contribution is -0.134. The molecule has 3 amide bonds. The smallest absolute Gasteiger partial charge is 0.274 e.